The summed E-state index contributed by atoms with van der Waals surface area (Å²) in [4.78, 5) is 32.0. The van der Waals surface area contributed by atoms with E-state index in [1.165, 1.54) is 42.8 Å². The SMILES string of the molecule is CCN(C(=O)/C=C/c1cc(C)c(N(Cc2cccnc2)S(=O)(=O)c2ccc(OC)cc2)c(C(=O)OC)c1)c1ccccc1. The first kappa shape index (κ1) is 31.0. The molecule has 0 atom stereocenters. The lowest BCUT2D eigenvalue weighted by atomic mass is 10.0. The highest BCUT2D eigenvalue weighted by atomic mass is 32.2. The Balaban J connectivity index is 1.81. The van der Waals surface area contributed by atoms with E-state index in [-0.39, 0.29) is 28.6 Å². The van der Waals surface area contributed by atoms with Crippen molar-refractivity contribution in [3.8, 4) is 5.75 Å². The van der Waals surface area contributed by atoms with Crippen molar-refractivity contribution in [2.75, 3.05) is 30.0 Å². The highest BCUT2D eigenvalue weighted by Gasteiger charge is 2.31. The first-order valence-electron chi connectivity index (χ1n) is 13.5. The Kier molecular flexibility index (Phi) is 9.95. The second-order valence-electron chi connectivity index (χ2n) is 9.53. The maximum Gasteiger partial charge on any atom is 0.340 e. The maximum absolute atomic E-state index is 14.1. The minimum Gasteiger partial charge on any atom is -0.497 e. The van der Waals surface area contributed by atoms with Crippen molar-refractivity contribution in [3.63, 3.8) is 0 Å². The molecular formula is C33H33N3O6S. The van der Waals surface area contributed by atoms with Crippen LogP contribution in [-0.2, 0) is 26.1 Å². The predicted octanol–water partition coefficient (Wildman–Crippen LogP) is 5.65. The van der Waals surface area contributed by atoms with Crippen molar-refractivity contribution in [1.29, 1.82) is 0 Å². The monoisotopic (exact) mass is 599 g/mol. The lowest BCUT2D eigenvalue weighted by Gasteiger charge is -2.28. The number of pyridine rings is 1. The zero-order valence-corrected chi connectivity index (χ0v) is 25.2. The molecule has 0 aliphatic carbocycles. The zero-order valence-electron chi connectivity index (χ0n) is 24.4. The number of para-hydroxylation sites is 1. The third-order valence-electron chi connectivity index (χ3n) is 6.74. The lowest BCUT2D eigenvalue weighted by molar-refractivity contribution is -0.114. The number of methoxy groups -OCH3 is 2. The van der Waals surface area contributed by atoms with Gasteiger partial charge in [-0.2, -0.15) is 0 Å². The van der Waals surface area contributed by atoms with Crippen LogP contribution in [0.3, 0.4) is 0 Å². The minimum atomic E-state index is -4.18. The van der Waals surface area contributed by atoms with Gasteiger partial charge in [0.1, 0.15) is 5.75 Å². The average molecular weight is 600 g/mol. The molecule has 0 saturated heterocycles. The third kappa shape index (κ3) is 7.10. The van der Waals surface area contributed by atoms with Gasteiger partial charge >= 0.3 is 5.97 Å². The fourth-order valence-corrected chi connectivity index (χ4v) is 6.18. The smallest absolute Gasteiger partial charge is 0.340 e. The topological polar surface area (TPSA) is 106 Å². The summed E-state index contributed by atoms with van der Waals surface area (Å²) >= 11 is 0. The fraction of sp³-hybridized carbons (Fsp3) is 0.182. The summed E-state index contributed by atoms with van der Waals surface area (Å²) in [6.07, 6.45) is 6.18. The van der Waals surface area contributed by atoms with E-state index in [0.29, 0.717) is 29.0 Å². The summed E-state index contributed by atoms with van der Waals surface area (Å²) in [6.45, 7) is 3.96. The molecule has 1 amide bonds. The molecule has 1 aromatic heterocycles. The standard InChI is InChI=1S/C33H33N3O6S/c1-5-35(27-11-7-6-8-12-27)31(37)18-13-25-20-24(2)32(30(21-25)33(38)42-4)36(23-26-10-9-19-34-22-26)43(39,40)29-16-14-28(41-3)15-17-29/h6-22H,5,23H2,1-4H3/b18-13+. The molecule has 9 nitrogen and oxygen atoms in total. The van der Waals surface area contributed by atoms with E-state index in [1.807, 2.05) is 37.3 Å². The van der Waals surface area contributed by atoms with Gasteiger partial charge in [-0.3, -0.25) is 14.1 Å². The summed E-state index contributed by atoms with van der Waals surface area (Å²) in [5.41, 5.74) is 2.59. The number of ether oxygens (including phenoxy) is 2. The van der Waals surface area contributed by atoms with Crippen LogP contribution in [0.15, 0.2) is 102 Å². The summed E-state index contributed by atoms with van der Waals surface area (Å²) in [5, 5.41) is 0. The molecule has 0 spiro atoms. The number of benzene rings is 3. The molecule has 0 saturated carbocycles. The van der Waals surface area contributed by atoms with Gasteiger partial charge in [-0.1, -0.05) is 24.3 Å². The second kappa shape index (κ2) is 13.8. The lowest BCUT2D eigenvalue weighted by Crippen LogP contribution is -2.33. The van der Waals surface area contributed by atoms with E-state index in [1.54, 1.807) is 60.6 Å². The first-order chi connectivity index (χ1) is 20.7. The van der Waals surface area contributed by atoms with Crippen LogP contribution in [0.25, 0.3) is 6.08 Å². The number of hydrogen-bond acceptors (Lipinski definition) is 7. The number of esters is 1. The summed E-state index contributed by atoms with van der Waals surface area (Å²) in [6, 6.07) is 22.0. The molecule has 3 aromatic carbocycles. The Bertz CT molecular complexity index is 1710. The molecule has 0 bridgehead atoms. The van der Waals surface area contributed by atoms with Crippen molar-refractivity contribution in [1.82, 2.24) is 4.98 Å². The van der Waals surface area contributed by atoms with E-state index in [9.17, 15) is 18.0 Å². The van der Waals surface area contributed by atoms with Crippen molar-refractivity contribution < 1.29 is 27.5 Å². The Morgan fingerprint density at radius 1 is 0.953 bits per heavy atom. The van der Waals surface area contributed by atoms with E-state index < -0.39 is 16.0 Å². The number of rotatable bonds is 11. The molecular weight excluding hydrogens is 566 g/mol. The fourth-order valence-electron chi connectivity index (χ4n) is 4.65. The van der Waals surface area contributed by atoms with E-state index in [2.05, 4.69) is 4.98 Å². The zero-order chi connectivity index (χ0) is 31.0. The number of anilines is 2. The number of carbonyl (C=O) groups is 2. The van der Waals surface area contributed by atoms with Gasteiger partial charge in [0, 0.05) is 30.7 Å². The molecule has 4 rings (SSSR count). The van der Waals surface area contributed by atoms with Gasteiger partial charge in [0.2, 0.25) is 0 Å². The predicted molar refractivity (Wildman–Crippen MR) is 167 cm³/mol. The van der Waals surface area contributed by atoms with Gasteiger partial charge < -0.3 is 14.4 Å². The van der Waals surface area contributed by atoms with Gasteiger partial charge in [-0.25, -0.2) is 13.2 Å². The van der Waals surface area contributed by atoms with E-state index in [4.69, 9.17) is 9.47 Å². The molecule has 1 heterocycles. The van der Waals surface area contributed by atoms with Crippen LogP contribution >= 0.6 is 0 Å². The Labute approximate surface area is 252 Å². The van der Waals surface area contributed by atoms with Crippen molar-refractivity contribution in [2.24, 2.45) is 0 Å². The van der Waals surface area contributed by atoms with Crippen LogP contribution in [0.4, 0.5) is 11.4 Å². The quantitative estimate of drug-likeness (QED) is 0.162. The second-order valence-corrected chi connectivity index (χ2v) is 11.4. The van der Waals surface area contributed by atoms with Gasteiger partial charge in [-0.05, 0) is 91.2 Å². The molecule has 4 aromatic rings. The summed E-state index contributed by atoms with van der Waals surface area (Å²) in [7, 11) is -1.46. The Hall–Kier alpha value is -4.96. The average Bonchev–Trinajstić information content (AvgIpc) is 3.03. The van der Waals surface area contributed by atoms with E-state index in [0.717, 1.165) is 5.69 Å². The van der Waals surface area contributed by atoms with Crippen molar-refractivity contribution in [2.45, 2.75) is 25.3 Å². The molecule has 43 heavy (non-hydrogen) atoms. The molecule has 0 N–H and O–H groups in total. The van der Waals surface area contributed by atoms with Crippen LogP contribution < -0.4 is 13.9 Å². The molecule has 0 fully saturated rings. The Morgan fingerprint density at radius 2 is 1.67 bits per heavy atom. The van der Waals surface area contributed by atoms with Crippen LogP contribution in [0, 0.1) is 6.92 Å². The molecule has 0 aliphatic heterocycles. The molecule has 222 valence electrons. The number of carbonyl (C=O) groups excluding carboxylic acids is 2. The highest BCUT2D eigenvalue weighted by molar-refractivity contribution is 7.92. The summed E-state index contributed by atoms with van der Waals surface area (Å²) < 4.78 is 39.7. The van der Waals surface area contributed by atoms with Crippen molar-refractivity contribution in [3.05, 3.63) is 120 Å². The summed E-state index contributed by atoms with van der Waals surface area (Å²) in [5.74, 6) is -0.459. The van der Waals surface area contributed by atoms with Gasteiger partial charge in [0.15, 0.2) is 0 Å². The third-order valence-corrected chi connectivity index (χ3v) is 8.50. The maximum atomic E-state index is 14.1. The molecule has 0 radical (unpaired) electrons. The van der Waals surface area contributed by atoms with Gasteiger partial charge in [0.05, 0.1) is 36.9 Å². The van der Waals surface area contributed by atoms with E-state index >= 15 is 0 Å². The number of nitrogens with zero attached hydrogens (tertiary/aromatic N) is 3. The molecule has 0 aliphatic rings. The Morgan fingerprint density at radius 3 is 2.28 bits per heavy atom. The van der Waals surface area contributed by atoms with Gasteiger partial charge in [0.25, 0.3) is 15.9 Å². The van der Waals surface area contributed by atoms with Crippen LogP contribution in [-0.4, -0.2) is 46.0 Å². The number of likely N-dealkylation sites (N-methyl/N-ethyl adjacent to an activating group) is 1. The number of aromatic nitrogens is 1. The first-order valence-corrected chi connectivity index (χ1v) is 15.0. The molecule has 10 heteroatoms. The molecule has 0 unspecified atom stereocenters. The van der Waals surface area contributed by atoms with Crippen LogP contribution in [0.1, 0.15) is 34.0 Å². The highest BCUT2D eigenvalue weighted by Crippen LogP contribution is 2.34. The van der Waals surface area contributed by atoms with Gasteiger partial charge in [-0.15, -0.1) is 0 Å². The number of amides is 1. The minimum absolute atomic E-state index is 0.0162. The number of aryl methyl sites for hydroxylation is 1. The number of hydrogen-bond donors (Lipinski definition) is 0. The largest absolute Gasteiger partial charge is 0.497 e. The normalized spacial score (nSPS) is 11.3. The van der Waals surface area contributed by atoms with Crippen molar-refractivity contribution >= 4 is 39.4 Å². The van der Waals surface area contributed by atoms with Crippen LogP contribution in [0.5, 0.6) is 5.75 Å². The number of sulfonamides is 1. The van der Waals surface area contributed by atoms with Crippen LogP contribution in [0.2, 0.25) is 0 Å².